The van der Waals surface area contributed by atoms with Gasteiger partial charge in [-0.15, -0.1) is 0 Å². The lowest BCUT2D eigenvalue weighted by Crippen LogP contribution is -2.47. The normalized spacial score (nSPS) is 26.2. The molecule has 0 aromatic carbocycles. The van der Waals surface area contributed by atoms with Crippen molar-refractivity contribution in [2.24, 2.45) is 0 Å². The van der Waals surface area contributed by atoms with Crippen molar-refractivity contribution in [1.82, 2.24) is 4.90 Å². The van der Waals surface area contributed by atoms with E-state index in [9.17, 15) is 0 Å². The maximum atomic E-state index is 2.72. The first-order chi connectivity index (χ1) is 6.93. The van der Waals surface area contributed by atoms with Gasteiger partial charge in [-0.25, -0.2) is 0 Å². The van der Waals surface area contributed by atoms with E-state index in [2.05, 4.69) is 55.2 Å². The van der Waals surface area contributed by atoms with Crippen molar-refractivity contribution in [1.29, 1.82) is 0 Å². The lowest BCUT2D eigenvalue weighted by Gasteiger charge is -2.42. The average molecular weight is 323 g/mol. The Morgan fingerprint density at radius 3 is 2.00 bits per heavy atom. The number of hydrogen-bond acceptors (Lipinski definition) is 1. The van der Waals surface area contributed by atoms with Crippen LogP contribution in [0.25, 0.3) is 0 Å². The maximum absolute atomic E-state index is 2.72. The van der Waals surface area contributed by atoms with Crippen molar-refractivity contribution in [3.05, 3.63) is 0 Å². The van der Waals surface area contributed by atoms with Crippen LogP contribution in [0.2, 0.25) is 0 Å². The third kappa shape index (κ3) is 3.58. The van der Waals surface area contributed by atoms with E-state index >= 15 is 0 Å². The Bertz CT molecular complexity index is 197. The molecule has 0 bridgehead atoms. The Morgan fingerprint density at radius 2 is 1.60 bits per heavy atom. The van der Waals surface area contributed by atoms with Gasteiger partial charge >= 0.3 is 0 Å². The van der Waals surface area contributed by atoms with Crippen LogP contribution in [0.1, 0.15) is 59.8 Å². The number of halogens is 1. The van der Waals surface area contributed by atoms with Crippen molar-refractivity contribution < 1.29 is 0 Å². The summed E-state index contributed by atoms with van der Waals surface area (Å²) in [5.41, 5.74) is 0.433. The number of likely N-dealkylation sites (tertiary alicyclic amines) is 1. The molecule has 0 spiro atoms. The van der Waals surface area contributed by atoms with E-state index in [0.29, 0.717) is 8.96 Å². The number of nitrogens with zero attached hydrogens (tertiary/aromatic N) is 1. The molecule has 1 nitrogen and oxygen atoms in total. The molecular formula is C13H26IN. The molecule has 1 rings (SSSR count). The molecule has 1 aliphatic heterocycles. The molecule has 1 saturated heterocycles. The summed E-state index contributed by atoms with van der Waals surface area (Å²) >= 11 is 2.65. The fourth-order valence-electron chi connectivity index (χ4n) is 2.64. The average Bonchev–Trinajstić information content (AvgIpc) is 2.70. The second kappa shape index (κ2) is 5.35. The summed E-state index contributed by atoms with van der Waals surface area (Å²) in [7, 11) is 0. The summed E-state index contributed by atoms with van der Waals surface area (Å²) in [6, 6.07) is 0. The topological polar surface area (TPSA) is 3.24 Å². The number of alkyl halides is 1. The standard InChI is InChI=1S/C13H26IN/c1-5-12(3,14)11-13(4,6-2)15-9-7-8-10-15/h5-11H2,1-4H3. The largest absolute Gasteiger partial charge is 0.298 e. The molecule has 1 aliphatic rings. The van der Waals surface area contributed by atoms with Crippen molar-refractivity contribution in [2.75, 3.05) is 13.1 Å². The molecule has 1 fully saturated rings. The molecular weight excluding hydrogens is 297 g/mol. The summed E-state index contributed by atoms with van der Waals surface area (Å²) in [6.07, 6.45) is 6.69. The van der Waals surface area contributed by atoms with Gasteiger partial charge in [-0.3, -0.25) is 4.90 Å². The number of rotatable bonds is 5. The molecule has 2 unspecified atom stereocenters. The van der Waals surface area contributed by atoms with E-state index in [1.165, 1.54) is 45.2 Å². The van der Waals surface area contributed by atoms with E-state index in [4.69, 9.17) is 0 Å². The summed E-state index contributed by atoms with van der Waals surface area (Å²) < 4.78 is 0.463. The fraction of sp³-hybridized carbons (Fsp3) is 1.00. The fourth-order valence-corrected chi connectivity index (χ4v) is 3.46. The summed E-state index contributed by atoms with van der Waals surface area (Å²) in [4.78, 5) is 2.72. The first kappa shape index (κ1) is 13.8. The van der Waals surface area contributed by atoms with Crippen molar-refractivity contribution >= 4 is 22.6 Å². The van der Waals surface area contributed by atoms with Crippen LogP contribution in [-0.4, -0.2) is 27.0 Å². The monoisotopic (exact) mass is 323 g/mol. The Labute approximate surface area is 109 Å². The van der Waals surface area contributed by atoms with Gasteiger partial charge < -0.3 is 0 Å². The molecule has 2 atom stereocenters. The van der Waals surface area contributed by atoms with Crippen molar-refractivity contribution in [3.8, 4) is 0 Å². The molecule has 15 heavy (non-hydrogen) atoms. The van der Waals surface area contributed by atoms with Gasteiger partial charge in [0.2, 0.25) is 0 Å². The lowest BCUT2D eigenvalue weighted by atomic mass is 9.85. The van der Waals surface area contributed by atoms with Crippen LogP contribution in [-0.2, 0) is 0 Å². The first-order valence-electron chi connectivity index (χ1n) is 6.37. The molecule has 0 aromatic rings. The Kier molecular flexibility index (Phi) is 4.90. The smallest absolute Gasteiger partial charge is 0.0209 e. The van der Waals surface area contributed by atoms with Crippen LogP contribution in [0.5, 0.6) is 0 Å². The Balaban J connectivity index is 2.66. The maximum Gasteiger partial charge on any atom is 0.0209 e. The van der Waals surface area contributed by atoms with Gasteiger partial charge in [-0.2, -0.15) is 0 Å². The minimum Gasteiger partial charge on any atom is -0.298 e. The molecule has 0 amide bonds. The predicted molar refractivity (Wildman–Crippen MR) is 76.8 cm³/mol. The van der Waals surface area contributed by atoms with Crippen LogP contribution >= 0.6 is 22.6 Å². The van der Waals surface area contributed by atoms with Crippen LogP contribution < -0.4 is 0 Å². The molecule has 0 N–H and O–H groups in total. The minimum absolute atomic E-state index is 0.433. The van der Waals surface area contributed by atoms with Crippen molar-refractivity contribution in [2.45, 2.75) is 68.8 Å². The quantitative estimate of drug-likeness (QED) is 0.540. The zero-order valence-electron chi connectivity index (χ0n) is 10.8. The molecule has 0 aromatic heterocycles. The molecule has 90 valence electrons. The van der Waals surface area contributed by atoms with Gasteiger partial charge in [0.05, 0.1) is 0 Å². The van der Waals surface area contributed by atoms with Crippen LogP contribution in [0.15, 0.2) is 0 Å². The van der Waals surface area contributed by atoms with Crippen LogP contribution in [0.4, 0.5) is 0 Å². The third-order valence-corrected chi connectivity index (χ3v) is 5.26. The van der Waals surface area contributed by atoms with Gasteiger partial charge in [0.1, 0.15) is 0 Å². The first-order valence-corrected chi connectivity index (χ1v) is 7.45. The highest BCUT2D eigenvalue weighted by Crippen LogP contribution is 2.38. The zero-order chi connectivity index (χ0) is 11.5. The lowest BCUT2D eigenvalue weighted by molar-refractivity contribution is 0.110. The van der Waals surface area contributed by atoms with Crippen molar-refractivity contribution in [3.63, 3.8) is 0 Å². The predicted octanol–water partition coefficient (Wildman–Crippen LogP) is 4.24. The number of hydrogen-bond donors (Lipinski definition) is 0. The van der Waals surface area contributed by atoms with Crippen LogP contribution in [0.3, 0.4) is 0 Å². The second-order valence-corrected chi connectivity index (χ2v) is 8.09. The molecule has 0 saturated carbocycles. The van der Waals surface area contributed by atoms with Gasteiger partial charge in [0.25, 0.3) is 0 Å². The van der Waals surface area contributed by atoms with Gasteiger partial charge in [-0.1, -0.05) is 43.4 Å². The highest BCUT2D eigenvalue weighted by Gasteiger charge is 2.37. The molecule has 1 heterocycles. The SMILES string of the molecule is CCC(C)(I)CC(C)(CC)N1CCCC1. The van der Waals surface area contributed by atoms with E-state index in [-0.39, 0.29) is 0 Å². The van der Waals surface area contributed by atoms with Gasteiger partial charge in [0.15, 0.2) is 0 Å². The third-order valence-electron chi connectivity index (χ3n) is 4.12. The summed E-state index contributed by atoms with van der Waals surface area (Å²) in [6.45, 7) is 12.2. The Hall–Kier alpha value is 0.690. The molecule has 0 aliphatic carbocycles. The Morgan fingerprint density at radius 1 is 1.07 bits per heavy atom. The van der Waals surface area contributed by atoms with E-state index in [1.54, 1.807) is 0 Å². The zero-order valence-corrected chi connectivity index (χ0v) is 12.9. The summed E-state index contributed by atoms with van der Waals surface area (Å²) in [5, 5.41) is 0. The molecule has 0 radical (unpaired) electrons. The van der Waals surface area contributed by atoms with E-state index < -0.39 is 0 Å². The molecule has 2 heteroatoms. The van der Waals surface area contributed by atoms with Crippen LogP contribution in [0, 0.1) is 0 Å². The van der Waals surface area contributed by atoms with E-state index in [0.717, 1.165) is 0 Å². The highest BCUT2D eigenvalue weighted by atomic mass is 127. The minimum atomic E-state index is 0.433. The summed E-state index contributed by atoms with van der Waals surface area (Å²) in [5.74, 6) is 0. The highest BCUT2D eigenvalue weighted by molar-refractivity contribution is 14.1. The van der Waals surface area contributed by atoms with E-state index in [1.807, 2.05) is 0 Å². The second-order valence-electron chi connectivity index (χ2n) is 5.49. The van der Waals surface area contributed by atoms with Gasteiger partial charge in [0, 0.05) is 8.96 Å². The van der Waals surface area contributed by atoms with Gasteiger partial charge in [-0.05, 0) is 52.1 Å².